The third-order valence-corrected chi connectivity index (χ3v) is 4.15. The van der Waals surface area contributed by atoms with Crippen molar-refractivity contribution >= 4 is 0 Å². The van der Waals surface area contributed by atoms with Crippen LogP contribution in [0.1, 0.15) is 65.2 Å². The van der Waals surface area contributed by atoms with Crippen LogP contribution in [0.25, 0.3) is 0 Å². The first-order chi connectivity index (χ1) is 8.24. The molecule has 2 heteroatoms. The predicted octanol–water partition coefficient (Wildman–Crippen LogP) is 3.42. The summed E-state index contributed by atoms with van der Waals surface area (Å²) in [4.78, 5) is 2.61. The van der Waals surface area contributed by atoms with Gasteiger partial charge in [-0.2, -0.15) is 0 Å². The Morgan fingerprint density at radius 3 is 2.53 bits per heavy atom. The van der Waals surface area contributed by atoms with Crippen molar-refractivity contribution in [2.45, 2.75) is 77.3 Å². The molecule has 0 aromatic carbocycles. The smallest absolute Gasteiger partial charge is 0.00922 e. The maximum absolute atomic E-state index is 3.48. The van der Waals surface area contributed by atoms with Gasteiger partial charge in [0, 0.05) is 12.1 Å². The molecular weight excluding hydrogens is 208 g/mol. The summed E-state index contributed by atoms with van der Waals surface area (Å²) < 4.78 is 0. The second-order valence-electron chi connectivity index (χ2n) is 5.73. The molecule has 2 nitrogen and oxygen atoms in total. The monoisotopic (exact) mass is 240 g/mol. The zero-order chi connectivity index (χ0) is 12.5. The molecule has 17 heavy (non-hydrogen) atoms. The second-order valence-corrected chi connectivity index (χ2v) is 5.73. The van der Waals surface area contributed by atoms with Crippen LogP contribution in [-0.4, -0.2) is 37.1 Å². The van der Waals surface area contributed by atoms with E-state index in [1.54, 1.807) is 0 Å². The van der Waals surface area contributed by atoms with Gasteiger partial charge in [0.1, 0.15) is 0 Å². The first kappa shape index (κ1) is 15.0. The first-order valence-corrected chi connectivity index (χ1v) is 7.67. The molecule has 1 aliphatic rings. The van der Waals surface area contributed by atoms with Gasteiger partial charge < -0.3 is 10.2 Å². The summed E-state index contributed by atoms with van der Waals surface area (Å²) in [6.45, 7) is 6.88. The van der Waals surface area contributed by atoms with E-state index in [1.807, 2.05) is 0 Å². The Balaban J connectivity index is 2.01. The zero-order valence-corrected chi connectivity index (χ0v) is 12.2. The van der Waals surface area contributed by atoms with Crippen LogP contribution in [0.2, 0.25) is 0 Å². The molecule has 102 valence electrons. The molecule has 1 rings (SSSR count). The fourth-order valence-electron chi connectivity index (χ4n) is 2.97. The molecule has 0 aliphatic heterocycles. The lowest BCUT2D eigenvalue weighted by Gasteiger charge is -2.31. The number of unbranched alkanes of at least 4 members (excludes halogenated alkanes) is 1. The number of rotatable bonds is 8. The average Bonchev–Trinajstić information content (AvgIpc) is 2.36. The lowest BCUT2D eigenvalue weighted by molar-refractivity contribution is 0.188. The standard InChI is InChI=1S/C15H32N2/c1-4-16-14(2)10-8-9-13-17(3)15-11-6-5-7-12-15/h14-16H,4-13H2,1-3H3. The maximum Gasteiger partial charge on any atom is 0.00922 e. The summed E-state index contributed by atoms with van der Waals surface area (Å²) in [5.74, 6) is 0. The molecule has 1 fully saturated rings. The number of hydrogen-bond donors (Lipinski definition) is 1. The molecular formula is C15H32N2. The van der Waals surface area contributed by atoms with Gasteiger partial charge in [-0.1, -0.05) is 32.6 Å². The highest BCUT2D eigenvalue weighted by Gasteiger charge is 2.17. The van der Waals surface area contributed by atoms with Crippen molar-refractivity contribution in [3.63, 3.8) is 0 Å². The van der Waals surface area contributed by atoms with Crippen LogP contribution in [0.4, 0.5) is 0 Å². The van der Waals surface area contributed by atoms with E-state index < -0.39 is 0 Å². The van der Waals surface area contributed by atoms with Crippen LogP contribution in [0.3, 0.4) is 0 Å². The van der Waals surface area contributed by atoms with Crippen molar-refractivity contribution in [2.24, 2.45) is 0 Å². The van der Waals surface area contributed by atoms with Gasteiger partial charge in [0.2, 0.25) is 0 Å². The summed E-state index contributed by atoms with van der Waals surface area (Å²) >= 11 is 0. The molecule has 0 radical (unpaired) electrons. The SMILES string of the molecule is CCNC(C)CCCCN(C)C1CCCCC1. The summed E-state index contributed by atoms with van der Waals surface area (Å²) in [6.07, 6.45) is 11.3. The van der Waals surface area contributed by atoms with Crippen molar-refractivity contribution < 1.29 is 0 Å². The zero-order valence-electron chi connectivity index (χ0n) is 12.2. The van der Waals surface area contributed by atoms with Crippen molar-refractivity contribution in [1.29, 1.82) is 0 Å². The van der Waals surface area contributed by atoms with Crippen LogP contribution in [0.15, 0.2) is 0 Å². The van der Waals surface area contributed by atoms with Gasteiger partial charge >= 0.3 is 0 Å². The van der Waals surface area contributed by atoms with Gasteiger partial charge in [0.05, 0.1) is 0 Å². The summed E-state index contributed by atoms with van der Waals surface area (Å²) in [6, 6.07) is 1.58. The molecule has 1 N–H and O–H groups in total. The van der Waals surface area contributed by atoms with Crippen LogP contribution >= 0.6 is 0 Å². The number of nitrogens with zero attached hydrogens (tertiary/aromatic N) is 1. The molecule has 0 saturated heterocycles. The van der Waals surface area contributed by atoms with E-state index in [9.17, 15) is 0 Å². The Morgan fingerprint density at radius 2 is 1.88 bits per heavy atom. The molecule has 1 atom stereocenters. The molecule has 0 aromatic heterocycles. The van der Waals surface area contributed by atoms with Gasteiger partial charge in [-0.3, -0.25) is 0 Å². The minimum Gasteiger partial charge on any atom is -0.315 e. The summed E-state index contributed by atoms with van der Waals surface area (Å²) in [5.41, 5.74) is 0. The topological polar surface area (TPSA) is 15.3 Å². The third-order valence-electron chi connectivity index (χ3n) is 4.15. The van der Waals surface area contributed by atoms with E-state index in [1.165, 1.54) is 57.9 Å². The van der Waals surface area contributed by atoms with E-state index >= 15 is 0 Å². The number of hydrogen-bond acceptors (Lipinski definition) is 2. The van der Waals surface area contributed by atoms with Crippen LogP contribution in [0, 0.1) is 0 Å². The molecule has 1 unspecified atom stereocenters. The molecule has 0 heterocycles. The fourth-order valence-corrected chi connectivity index (χ4v) is 2.97. The van der Waals surface area contributed by atoms with Crippen LogP contribution in [-0.2, 0) is 0 Å². The third kappa shape index (κ3) is 6.42. The Kier molecular flexibility index (Phi) is 7.87. The van der Waals surface area contributed by atoms with Crippen molar-refractivity contribution in [2.75, 3.05) is 20.1 Å². The largest absolute Gasteiger partial charge is 0.315 e. The molecule has 1 aliphatic carbocycles. The summed E-state index contributed by atoms with van der Waals surface area (Å²) in [5, 5.41) is 3.48. The van der Waals surface area contributed by atoms with Gasteiger partial charge in [-0.15, -0.1) is 0 Å². The maximum atomic E-state index is 3.48. The van der Waals surface area contributed by atoms with E-state index in [4.69, 9.17) is 0 Å². The van der Waals surface area contributed by atoms with Gasteiger partial charge in [-0.25, -0.2) is 0 Å². The van der Waals surface area contributed by atoms with E-state index in [-0.39, 0.29) is 0 Å². The number of nitrogens with one attached hydrogen (secondary N) is 1. The van der Waals surface area contributed by atoms with Crippen molar-refractivity contribution in [3.05, 3.63) is 0 Å². The highest BCUT2D eigenvalue weighted by Crippen LogP contribution is 2.21. The van der Waals surface area contributed by atoms with Crippen LogP contribution < -0.4 is 5.32 Å². The highest BCUT2D eigenvalue weighted by atomic mass is 15.1. The molecule has 0 spiro atoms. The fraction of sp³-hybridized carbons (Fsp3) is 1.00. The minimum atomic E-state index is 0.694. The molecule has 0 aromatic rings. The minimum absolute atomic E-state index is 0.694. The van der Waals surface area contributed by atoms with Gasteiger partial charge in [0.25, 0.3) is 0 Å². The quantitative estimate of drug-likeness (QED) is 0.654. The van der Waals surface area contributed by atoms with Crippen LogP contribution in [0.5, 0.6) is 0 Å². The molecule has 0 amide bonds. The van der Waals surface area contributed by atoms with Gasteiger partial charge in [0.15, 0.2) is 0 Å². The molecule has 0 bridgehead atoms. The lowest BCUT2D eigenvalue weighted by Crippen LogP contribution is -2.34. The van der Waals surface area contributed by atoms with E-state index in [0.717, 1.165) is 12.6 Å². The van der Waals surface area contributed by atoms with Gasteiger partial charge in [-0.05, 0) is 52.7 Å². The average molecular weight is 240 g/mol. The highest BCUT2D eigenvalue weighted by molar-refractivity contribution is 4.73. The van der Waals surface area contributed by atoms with E-state index in [0.29, 0.717) is 6.04 Å². The first-order valence-electron chi connectivity index (χ1n) is 7.67. The Bertz CT molecular complexity index is 176. The van der Waals surface area contributed by atoms with E-state index in [2.05, 4.69) is 31.1 Å². The lowest BCUT2D eigenvalue weighted by atomic mass is 9.94. The van der Waals surface area contributed by atoms with Crippen molar-refractivity contribution in [1.82, 2.24) is 10.2 Å². The second kappa shape index (κ2) is 8.93. The predicted molar refractivity (Wildman–Crippen MR) is 76.5 cm³/mol. The Morgan fingerprint density at radius 1 is 1.18 bits per heavy atom. The molecule has 1 saturated carbocycles. The Labute approximate surface area is 108 Å². The summed E-state index contributed by atoms with van der Waals surface area (Å²) in [7, 11) is 2.32. The van der Waals surface area contributed by atoms with Crippen molar-refractivity contribution in [3.8, 4) is 0 Å². The normalized spacial score (nSPS) is 19.8. The Hall–Kier alpha value is -0.0800.